The first-order valence-electron chi connectivity index (χ1n) is 7.62. The Bertz CT molecular complexity index is 582. The number of amides is 1. The second kappa shape index (κ2) is 6.34. The predicted octanol–water partition coefficient (Wildman–Crippen LogP) is 2.87. The van der Waals surface area contributed by atoms with Gasteiger partial charge in [-0.1, -0.05) is 35.4 Å². The number of aryl methyl sites for hydroxylation is 2. The second-order valence-corrected chi connectivity index (χ2v) is 6.19. The van der Waals surface area contributed by atoms with Gasteiger partial charge in [0.25, 0.3) is 0 Å². The molecule has 2 N–H and O–H groups in total. The number of hydrogen-bond donors (Lipinski definition) is 2. The van der Waals surface area contributed by atoms with Crippen LogP contribution in [0.2, 0.25) is 0 Å². The summed E-state index contributed by atoms with van der Waals surface area (Å²) in [5.74, 6) is -1.17. The van der Waals surface area contributed by atoms with Crippen molar-refractivity contribution in [1.29, 1.82) is 0 Å². The molecule has 0 spiro atoms. The standard InChI is InChI=1S/C18H23NO3/c1-4-5-6-15(16(20)21)19-17(22)18(7-8-18)14-10-12(2)9-13(3)11-14/h4,9-11,15H,1,5-8H2,2-3H3,(H,19,22)(H,20,21). The highest BCUT2D eigenvalue weighted by atomic mass is 16.4. The zero-order valence-electron chi connectivity index (χ0n) is 13.2. The van der Waals surface area contributed by atoms with Crippen molar-refractivity contribution < 1.29 is 14.7 Å². The van der Waals surface area contributed by atoms with E-state index in [1.807, 2.05) is 26.0 Å². The van der Waals surface area contributed by atoms with Gasteiger partial charge in [-0.05, 0) is 45.1 Å². The fraction of sp³-hybridized carbons (Fsp3) is 0.444. The fourth-order valence-corrected chi connectivity index (χ4v) is 2.86. The largest absolute Gasteiger partial charge is 0.480 e. The van der Waals surface area contributed by atoms with Crippen LogP contribution in [0.5, 0.6) is 0 Å². The van der Waals surface area contributed by atoms with Crippen LogP contribution in [0.15, 0.2) is 30.9 Å². The van der Waals surface area contributed by atoms with Crippen molar-refractivity contribution in [2.75, 3.05) is 0 Å². The van der Waals surface area contributed by atoms with Crippen molar-refractivity contribution in [3.05, 3.63) is 47.5 Å². The molecule has 1 unspecified atom stereocenters. The van der Waals surface area contributed by atoms with Crippen LogP contribution >= 0.6 is 0 Å². The van der Waals surface area contributed by atoms with Crippen molar-refractivity contribution in [3.8, 4) is 0 Å². The van der Waals surface area contributed by atoms with Gasteiger partial charge in [0.15, 0.2) is 0 Å². The molecule has 0 aromatic heterocycles. The van der Waals surface area contributed by atoms with Gasteiger partial charge in [0.05, 0.1) is 5.41 Å². The number of nitrogens with one attached hydrogen (secondary N) is 1. The molecule has 0 bridgehead atoms. The molecule has 1 fully saturated rings. The molecule has 1 saturated carbocycles. The number of carbonyl (C=O) groups is 2. The fourth-order valence-electron chi connectivity index (χ4n) is 2.86. The van der Waals surface area contributed by atoms with Crippen molar-refractivity contribution in [2.24, 2.45) is 0 Å². The van der Waals surface area contributed by atoms with Crippen LogP contribution in [0.3, 0.4) is 0 Å². The highest BCUT2D eigenvalue weighted by molar-refractivity contribution is 5.94. The molecule has 0 heterocycles. The first-order chi connectivity index (χ1) is 10.4. The molecule has 1 aliphatic carbocycles. The Kier molecular flexibility index (Phi) is 4.69. The van der Waals surface area contributed by atoms with Crippen LogP contribution in [-0.2, 0) is 15.0 Å². The normalized spacial score (nSPS) is 16.6. The Labute approximate surface area is 131 Å². The smallest absolute Gasteiger partial charge is 0.326 e. The van der Waals surface area contributed by atoms with Crippen LogP contribution in [0.4, 0.5) is 0 Å². The van der Waals surface area contributed by atoms with E-state index < -0.39 is 17.4 Å². The number of carboxylic acids is 1. The Morgan fingerprint density at radius 3 is 2.36 bits per heavy atom. The minimum atomic E-state index is -0.994. The van der Waals surface area contributed by atoms with Crippen molar-refractivity contribution in [1.82, 2.24) is 5.32 Å². The van der Waals surface area contributed by atoms with E-state index >= 15 is 0 Å². The summed E-state index contributed by atoms with van der Waals surface area (Å²) in [7, 11) is 0. The molecular formula is C18H23NO3. The van der Waals surface area contributed by atoms with Gasteiger partial charge in [0, 0.05) is 0 Å². The Hall–Kier alpha value is -2.10. The van der Waals surface area contributed by atoms with Gasteiger partial charge < -0.3 is 10.4 Å². The zero-order valence-corrected chi connectivity index (χ0v) is 13.2. The maximum Gasteiger partial charge on any atom is 0.326 e. The molecule has 0 saturated heterocycles. The Balaban J connectivity index is 2.17. The zero-order chi connectivity index (χ0) is 16.3. The van der Waals surface area contributed by atoms with Crippen LogP contribution in [-0.4, -0.2) is 23.0 Å². The summed E-state index contributed by atoms with van der Waals surface area (Å²) in [6.07, 6.45) is 4.14. The number of carboxylic acid groups (broad SMARTS) is 1. The van der Waals surface area contributed by atoms with Crippen LogP contribution < -0.4 is 5.32 Å². The summed E-state index contributed by atoms with van der Waals surface area (Å²) in [6, 6.07) is 5.27. The van der Waals surface area contributed by atoms with Crippen molar-refractivity contribution in [2.45, 2.75) is 51.0 Å². The van der Waals surface area contributed by atoms with Gasteiger partial charge in [-0.15, -0.1) is 6.58 Å². The van der Waals surface area contributed by atoms with E-state index in [2.05, 4.69) is 18.0 Å². The van der Waals surface area contributed by atoms with E-state index in [0.717, 1.165) is 29.5 Å². The molecular weight excluding hydrogens is 278 g/mol. The average Bonchev–Trinajstić information content (AvgIpc) is 3.23. The van der Waals surface area contributed by atoms with E-state index in [4.69, 9.17) is 0 Å². The van der Waals surface area contributed by atoms with E-state index in [0.29, 0.717) is 12.8 Å². The molecule has 2 rings (SSSR count). The first-order valence-corrected chi connectivity index (χ1v) is 7.62. The number of aliphatic carboxylic acids is 1. The third kappa shape index (κ3) is 3.38. The molecule has 1 aromatic carbocycles. The van der Waals surface area contributed by atoms with Gasteiger partial charge in [-0.25, -0.2) is 4.79 Å². The number of allylic oxidation sites excluding steroid dienone is 1. The highest BCUT2D eigenvalue weighted by Gasteiger charge is 2.52. The minimum Gasteiger partial charge on any atom is -0.480 e. The lowest BCUT2D eigenvalue weighted by Gasteiger charge is -2.20. The molecule has 118 valence electrons. The van der Waals surface area contributed by atoms with Gasteiger partial charge >= 0.3 is 5.97 Å². The molecule has 0 aliphatic heterocycles. The average molecular weight is 301 g/mol. The SMILES string of the molecule is C=CCCC(NC(=O)C1(c2cc(C)cc(C)c2)CC1)C(=O)O. The molecule has 1 aliphatic rings. The Morgan fingerprint density at radius 1 is 1.32 bits per heavy atom. The molecule has 4 nitrogen and oxygen atoms in total. The number of rotatable bonds is 7. The van der Waals surface area contributed by atoms with Gasteiger partial charge in [-0.2, -0.15) is 0 Å². The van der Waals surface area contributed by atoms with E-state index in [1.165, 1.54) is 0 Å². The first kappa shape index (κ1) is 16.3. The lowest BCUT2D eigenvalue weighted by Crippen LogP contribution is -2.45. The topological polar surface area (TPSA) is 66.4 Å². The monoisotopic (exact) mass is 301 g/mol. The number of hydrogen-bond acceptors (Lipinski definition) is 2. The maximum atomic E-state index is 12.6. The number of carbonyl (C=O) groups excluding carboxylic acids is 1. The molecule has 0 radical (unpaired) electrons. The summed E-state index contributed by atoms with van der Waals surface area (Å²) >= 11 is 0. The van der Waals surface area contributed by atoms with Crippen LogP contribution in [0.1, 0.15) is 42.4 Å². The van der Waals surface area contributed by atoms with E-state index in [1.54, 1.807) is 6.08 Å². The molecule has 4 heteroatoms. The quantitative estimate of drug-likeness (QED) is 0.761. The van der Waals surface area contributed by atoms with Gasteiger partial charge in [0.1, 0.15) is 6.04 Å². The van der Waals surface area contributed by atoms with Crippen LogP contribution in [0, 0.1) is 13.8 Å². The molecule has 22 heavy (non-hydrogen) atoms. The molecule has 1 atom stereocenters. The molecule has 1 amide bonds. The van der Waals surface area contributed by atoms with Gasteiger partial charge in [0.2, 0.25) is 5.91 Å². The summed E-state index contributed by atoms with van der Waals surface area (Å²) in [5.41, 5.74) is 2.69. The lowest BCUT2D eigenvalue weighted by molar-refractivity contribution is -0.142. The highest BCUT2D eigenvalue weighted by Crippen LogP contribution is 2.49. The van der Waals surface area contributed by atoms with Crippen LogP contribution in [0.25, 0.3) is 0 Å². The van der Waals surface area contributed by atoms with Crippen molar-refractivity contribution in [3.63, 3.8) is 0 Å². The van der Waals surface area contributed by atoms with E-state index in [9.17, 15) is 14.7 Å². The summed E-state index contributed by atoms with van der Waals surface area (Å²) in [4.78, 5) is 23.9. The third-order valence-electron chi connectivity index (χ3n) is 4.22. The third-order valence-corrected chi connectivity index (χ3v) is 4.22. The minimum absolute atomic E-state index is 0.172. The lowest BCUT2D eigenvalue weighted by atomic mass is 9.91. The molecule has 1 aromatic rings. The summed E-state index contributed by atoms with van der Waals surface area (Å²) in [5, 5.41) is 11.9. The second-order valence-electron chi connectivity index (χ2n) is 6.19. The predicted molar refractivity (Wildman–Crippen MR) is 85.8 cm³/mol. The summed E-state index contributed by atoms with van der Waals surface area (Å²) < 4.78 is 0. The van der Waals surface area contributed by atoms with Gasteiger partial charge in [-0.3, -0.25) is 4.79 Å². The summed E-state index contributed by atoms with van der Waals surface area (Å²) in [6.45, 7) is 7.61. The Morgan fingerprint density at radius 2 is 1.91 bits per heavy atom. The van der Waals surface area contributed by atoms with Crippen molar-refractivity contribution >= 4 is 11.9 Å². The van der Waals surface area contributed by atoms with E-state index in [-0.39, 0.29) is 5.91 Å². The number of benzene rings is 1. The maximum absolute atomic E-state index is 12.6.